The van der Waals surface area contributed by atoms with Gasteiger partial charge in [-0.25, -0.2) is 0 Å². The third-order valence-electron chi connectivity index (χ3n) is 3.27. The lowest BCUT2D eigenvalue weighted by Crippen LogP contribution is -2.39. The van der Waals surface area contributed by atoms with E-state index in [-0.39, 0.29) is 5.56 Å². The summed E-state index contributed by atoms with van der Waals surface area (Å²) in [6.45, 7) is 0.803. The number of fused-ring (bicyclic) bond motifs is 1. The van der Waals surface area contributed by atoms with E-state index < -0.39 is 29.4 Å². The smallest absolute Gasteiger partial charge is 0.299 e. The zero-order chi connectivity index (χ0) is 16.5. The van der Waals surface area contributed by atoms with E-state index in [4.69, 9.17) is 0 Å². The van der Waals surface area contributed by atoms with Crippen LogP contribution in [0.1, 0.15) is 17.3 Å². The van der Waals surface area contributed by atoms with Gasteiger partial charge in [0.05, 0.1) is 0 Å². The van der Waals surface area contributed by atoms with Crippen molar-refractivity contribution in [2.75, 3.05) is 0 Å². The van der Waals surface area contributed by atoms with Crippen LogP contribution in [0, 0.1) is 5.92 Å². The van der Waals surface area contributed by atoms with Crippen LogP contribution in [-0.2, 0) is 9.59 Å². The van der Waals surface area contributed by atoms with E-state index in [1.165, 1.54) is 12.1 Å². The van der Waals surface area contributed by atoms with Crippen LogP contribution >= 0.6 is 0 Å². The van der Waals surface area contributed by atoms with E-state index in [1.807, 2.05) is 0 Å². The van der Waals surface area contributed by atoms with E-state index in [0.29, 0.717) is 10.8 Å². The number of rotatable bonds is 4. The molecule has 0 aliphatic heterocycles. The highest BCUT2D eigenvalue weighted by Gasteiger charge is 2.48. The van der Waals surface area contributed by atoms with Gasteiger partial charge in [-0.1, -0.05) is 42.5 Å². The number of ketones is 3. The Balaban J connectivity index is 2.56. The predicted molar refractivity (Wildman–Crippen MR) is 73.5 cm³/mol. The number of alkyl halides is 3. The summed E-state index contributed by atoms with van der Waals surface area (Å²) in [5.41, 5.74) is -0.0732. The van der Waals surface area contributed by atoms with Crippen LogP contribution in [0.5, 0.6) is 0 Å². The van der Waals surface area contributed by atoms with Crippen LogP contribution in [-0.4, -0.2) is 23.5 Å². The number of hydrogen-bond acceptors (Lipinski definition) is 3. The quantitative estimate of drug-likeness (QED) is 0.643. The first-order valence-corrected chi connectivity index (χ1v) is 6.37. The topological polar surface area (TPSA) is 51.2 Å². The molecule has 0 radical (unpaired) electrons. The second-order valence-electron chi connectivity index (χ2n) is 4.80. The molecule has 0 bridgehead atoms. The van der Waals surface area contributed by atoms with Crippen LogP contribution in [0.3, 0.4) is 0 Å². The molecule has 22 heavy (non-hydrogen) atoms. The van der Waals surface area contributed by atoms with Crippen LogP contribution < -0.4 is 0 Å². The number of Topliss-reactive ketones (excluding diaryl/α,β-unsaturated/α-hetero) is 3. The molecule has 0 saturated heterocycles. The molecule has 1 atom stereocenters. The first-order valence-electron chi connectivity index (χ1n) is 6.37. The summed E-state index contributed by atoms with van der Waals surface area (Å²) >= 11 is 0. The Kier molecular flexibility index (Phi) is 4.12. The monoisotopic (exact) mass is 308 g/mol. The largest absolute Gasteiger partial charge is 0.451 e. The average molecular weight is 308 g/mol. The Morgan fingerprint density at radius 3 is 2.14 bits per heavy atom. The second-order valence-corrected chi connectivity index (χ2v) is 4.80. The Labute approximate surface area is 123 Å². The number of benzene rings is 2. The normalized spacial score (nSPS) is 12.9. The van der Waals surface area contributed by atoms with Gasteiger partial charge in [0.15, 0.2) is 5.78 Å². The zero-order valence-electron chi connectivity index (χ0n) is 11.5. The minimum absolute atomic E-state index is 0.0732. The molecule has 114 valence electrons. The third-order valence-corrected chi connectivity index (χ3v) is 3.27. The number of carbonyl (C=O) groups excluding carboxylic acids is 3. The van der Waals surface area contributed by atoms with Gasteiger partial charge >= 0.3 is 6.18 Å². The molecule has 2 aromatic rings. The van der Waals surface area contributed by atoms with Crippen LogP contribution in [0.4, 0.5) is 13.2 Å². The van der Waals surface area contributed by atoms with Crippen molar-refractivity contribution in [3.05, 3.63) is 48.0 Å². The Morgan fingerprint density at radius 1 is 0.955 bits per heavy atom. The van der Waals surface area contributed by atoms with Gasteiger partial charge in [0.25, 0.3) is 5.78 Å². The van der Waals surface area contributed by atoms with Gasteiger partial charge in [-0.2, -0.15) is 13.2 Å². The minimum atomic E-state index is -5.24. The molecule has 0 aromatic heterocycles. The molecule has 6 heteroatoms. The van der Waals surface area contributed by atoms with E-state index >= 15 is 0 Å². The number of halogens is 3. The van der Waals surface area contributed by atoms with Crippen molar-refractivity contribution >= 4 is 28.1 Å². The Bertz CT molecular complexity index is 757. The molecule has 0 amide bonds. The van der Waals surface area contributed by atoms with Crippen molar-refractivity contribution in [1.29, 1.82) is 0 Å². The minimum Gasteiger partial charge on any atom is -0.299 e. The first-order chi connectivity index (χ1) is 10.2. The average Bonchev–Trinajstić information content (AvgIpc) is 2.45. The predicted octanol–water partition coefficient (Wildman–Crippen LogP) is 3.36. The highest BCUT2D eigenvalue weighted by Crippen LogP contribution is 2.27. The molecular weight excluding hydrogens is 297 g/mol. The molecule has 0 saturated carbocycles. The van der Waals surface area contributed by atoms with Gasteiger partial charge < -0.3 is 0 Å². The van der Waals surface area contributed by atoms with E-state index in [2.05, 4.69) is 0 Å². The maximum atomic E-state index is 12.6. The fourth-order valence-electron chi connectivity index (χ4n) is 2.25. The summed E-state index contributed by atoms with van der Waals surface area (Å²) < 4.78 is 37.8. The van der Waals surface area contributed by atoms with E-state index in [9.17, 15) is 27.6 Å². The number of hydrogen-bond donors (Lipinski definition) is 0. The fraction of sp³-hybridized carbons (Fsp3) is 0.188. The van der Waals surface area contributed by atoms with Gasteiger partial charge in [-0.3, -0.25) is 14.4 Å². The molecule has 2 aromatic carbocycles. The van der Waals surface area contributed by atoms with Crippen LogP contribution in [0.2, 0.25) is 0 Å². The lowest BCUT2D eigenvalue weighted by Gasteiger charge is -2.15. The van der Waals surface area contributed by atoms with Gasteiger partial charge in [-0.15, -0.1) is 0 Å². The lowest BCUT2D eigenvalue weighted by atomic mass is 9.88. The maximum absolute atomic E-state index is 12.6. The Hall–Kier alpha value is -2.50. The summed E-state index contributed by atoms with van der Waals surface area (Å²) in [6, 6.07) is 11.0. The summed E-state index contributed by atoms with van der Waals surface area (Å²) in [5.74, 6) is -6.95. The van der Waals surface area contributed by atoms with Gasteiger partial charge in [0.1, 0.15) is 11.7 Å². The molecule has 0 N–H and O–H groups in total. The molecule has 1 unspecified atom stereocenters. The van der Waals surface area contributed by atoms with Gasteiger partial charge in [-0.05, 0) is 17.7 Å². The molecule has 3 nitrogen and oxygen atoms in total. The molecule has 0 fully saturated rings. The van der Waals surface area contributed by atoms with Crippen LogP contribution in [0.15, 0.2) is 42.5 Å². The SMILES string of the molecule is CC(=O)C(C(=O)c1cccc2ccccc12)C(=O)C(F)(F)F. The van der Waals surface area contributed by atoms with Crippen LogP contribution in [0.25, 0.3) is 10.8 Å². The fourth-order valence-corrected chi connectivity index (χ4v) is 2.25. The standard InChI is InChI=1S/C16H11F3O3/c1-9(20)13(15(22)16(17,18)19)14(21)12-8-4-6-10-5-2-3-7-11(10)12/h2-8,13H,1H3. The van der Waals surface area contributed by atoms with Crippen molar-refractivity contribution in [3.8, 4) is 0 Å². The molecule has 0 aliphatic rings. The molecule has 0 heterocycles. The molecule has 2 rings (SSSR count). The Morgan fingerprint density at radius 2 is 1.55 bits per heavy atom. The highest BCUT2D eigenvalue weighted by atomic mass is 19.4. The zero-order valence-corrected chi connectivity index (χ0v) is 11.5. The van der Waals surface area contributed by atoms with Crippen molar-refractivity contribution in [2.45, 2.75) is 13.1 Å². The molecule has 0 spiro atoms. The molecule has 0 aliphatic carbocycles. The van der Waals surface area contributed by atoms with E-state index in [1.54, 1.807) is 30.3 Å². The number of carbonyl (C=O) groups is 3. The van der Waals surface area contributed by atoms with Crippen molar-refractivity contribution in [3.63, 3.8) is 0 Å². The summed E-state index contributed by atoms with van der Waals surface area (Å²) in [7, 11) is 0. The summed E-state index contributed by atoms with van der Waals surface area (Å²) in [4.78, 5) is 35.2. The first kappa shape index (κ1) is 15.9. The van der Waals surface area contributed by atoms with Gasteiger partial charge in [0, 0.05) is 5.56 Å². The van der Waals surface area contributed by atoms with Crippen molar-refractivity contribution in [1.82, 2.24) is 0 Å². The summed E-state index contributed by atoms with van der Waals surface area (Å²) in [6.07, 6.45) is -5.24. The highest BCUT2D eigenvalue weighted by molar-refractivity contribution is 6.27. The lowest BCUT2D eigenvalue weighted by molar-refractivity contribution is -0.174. The second kappa shape index (κ2) is 5.71. The third kappa shape index (κ3) is 2.90. The van der Waals surface area contributed by atoms with Crippen molar-refractivity contribution < 1.29 is 27.6 Å². The van der Waals surface area contributed by atoms with Gasteiger partial charge in [0.2, 0.25) is 0 Å². The van der Waals surface area contributed by atoms with E-state index in [0.717, 1.165) is 6.92 Å². The van der Waals surface area contributed by atoms with Crippen molar-refractivity contribution in [2.24, 2.45) is 5.92 Å². The maximum Gasteiger partial charge on any atom is 0.451 e. The molecular formula is C16H11F3O3. The summed E-state index contributed by atoms with van der Waals surface area (Å²) in [5, 5.41) is 1.03.